The Bertz CT molecular complexity index is 284. The van der Waals surface area contributed by atoms with Crippen molar-refractivity contribution < 1.29 is 11.0 Å². The zero-order valence-corrected chi connectivity index (χ0v) is 10.00. The summed E-state index contributed by atoms with van der Waals surface area (Å²) in [6, 6.07) is 8.92. The Hall–Kier alpha value is -0.835. The molecule has 0 radical (unpaired) electrons. The van der Waals surface area contributed by atoms with Gasteiger partial charge in [-0.25, -0.2) is 0 Å². The largest absolute Gasteiger partial charge is 0.412 e. The summed E-state index contributed by atoms with van der Waals surface area (Å²) in [4.78, 5) is 2.56. The fraction of sp³-hybridized carbons (Fsp3) is 0.500. The average molecular weight is 223 g/mol. The van der Waals surface area contributed by atoms with E-state index in [1.165, 1.54) is 43.4 Å². The van der Waals surface area contributed by atoms with Crippen molar-refractivity contribution in [3.8, 4) is 0 Å². The van der Waals surface area contributed by atoms with Crippen molar-refractivity contribution in [2.24, 2.45) is 0 Å². The zero-order valence-electron chi connectivity index (χ0n) is 10.00. The lowest BCUT2D eigenvalue weighted by atomic mass is 9.95. The molecule has 1 aliphatic rings. The summed E-state index contributed by atoms with van der Waals surface area (Å²) in [5, 5.41) is 0. The lowest BCUT2D eigenvalue weighted by Crippen LogP contribution is -2.29. The maximum absolute atomic E-state index is 2.56. The van der Waals surface area contributed by atoms with Crippen molar-refractivity contribution in [3.05, 3.63) is 29.8 Å². The Kier molecular flexibility index (Phi) is 7.05. The second kappa shape index (κ2) is 7.44. The molecule has 0 saturated carbocycles. The highest BCUT2D eigenvalue weighted by atomic mass is 16.0. The van der Waals surface area contributed by atoms with E-state index in [4.69, 9.17) is 0 Å². The monoisotopic (exact) mass is 223 g/mol. The number of hydrogen-bond donors (Lipinski definition) is 0. The molecule has 1 saturated heterocycles. The van der Waals surface area contributed by atoms with E-state index in [2.05, 4.69) is 37.0 Å². The summed E-state index contributed by atoms with van der Waals surface area (Å²) in [7, 11) is 2.14. The number of rotatable bonds is 2. The Morgan fingerprint density at radius 2 is 1.50 bits per heavy atom. The van der Waals surface area contributed by atoms with Crippen LogP contribution in [-0.2, 0) is 6.54 Å². The molecule has 1 aliphatic heterocycles. The molecule has 0 aromatic heterocycles. The Labute approximate surface area is 98.5 Å². The molecule has 4 heteroatoms. The molecule has 90 valence electrons. The van der Waals surface area contributed by atoms with Crippen LogP contribution in [0.5, 0.6) is 0 Å². The van der Waals surface area contributed by atoms with Gasteiger partial charge in [0.15, 0.2) is 0 Å². The van der Waals surface area contributed by atoms with Gasteiger partial charge in [-0.2, -0.15) is 0 Å². The van der Waals surface area contributed by atoms with E-state index >= 15 is 0 Å². The Morgan fingerprint density at radius 1 is 0.938 bits per heavy atom. The van der Waals surface area contributed by atoms with Crippen molar-refractivity contribution >= 4 is 13.3 Å². The van der Waals surface area contributed by atoms with E-state index in [0.29, 0.717) is 0 Å². The van der Waals surface area contributed by atoms with Crippen LogP contribution in [0.25, 0.3) is 0 Å². The van der Waals surface area contributed by atoms with Gasteiger partial charge < -0.3 is 11.0 Å². The maximum Gasteiger partial charge on any atom is 0.139 e. The molecule has 1 heterocycles. The van der Waals surface area contributed by atoms with Crippen molar-refractivity contribution in [1.29, 1.82) is 0 Å². The van der Waals surface area contributed by atoms with E-state index in [0.717, 1.165) is 6.54 Å². The topological polar surface area (TPSA) is 66.2 Å². The number of benzene rings is 1. The van der Waals surface area contributed by atoms with Gasteiger partial charge in [-0.15, -0.1) is 0 Å². The molecule has 0 bridgehead atoms. The highest BCUT2D eigenvalue weighted by Crippen LogP contribution is 2.11. The van der Waals surface area contributed by atoms with Crippen molar-refractivity contribution in [1.82, 2.24) is 4.90 Å². The molecule has 0 unspecified atom stereocenters. The predicted octanol–water partition coefficient (Wildman–Crippen LogP) is -0.718. The average Bonchev–Trinajstić information content (AvgIpc) is 2.23. The first-order valence-corrected chi connectivity index (χ1v) is 5.62. The summed E-state index contributed by atoms with van der Waals surface area (Å²) in [5.74, 6) is 0. The first kappa shape index (κ1) is 15.2. The van der Waals surface area contributed by atoms with Gasteiger partial charge in [0, 0.05) is 6.54 Å². The van der Waals surface area contributed by atoms with Crippen LogP contribution < -0.4 is 5.46 Å². The zero-order chi connectivity index (χ0) is 9.80. The SMILES string of the molecule is Bc1ccc(CN2CCCCC2)cc1.O.O. The van der Waals surface area contributed by atoms with Gasteiger partial charge in [0.25, 0.3) is 0 Å². The number of nitrogens with zero attached hydrogens (tertiary/aromatic N) is 1. The minimum absolute atomic E-state index is 0. The first-order valence-electron chi connectivity index (χ1n) is 5.62. The summed E-state index contributed by atoms with van der Waals surface area (Å²) in [6.45, 7) is 3.71. The Balaban J connectivity index is 0.00000112. The minimum atomic E-state index is 0. The first-order chi connectivity index (χ1) is 6.84. The normalized spacial score (nSPS) is 16.0. The standard InChI is InChI=1S/C12H18BN.2H2O/c13-12-6-4-11(5-7-12)10-14-8-2-1-3-9-14;;/h4-7H,1-3,8-10,13H2;2*1H2. The van der Waals surface area contributed by atoms with Gasteiger partial charge in [0.2, 0.25) is 0 Å². The lowest BCUT2D eigenvalue weighted by molar-refractivity contribution is 0.221. The lowest BCUT2D eigenvalue weighted by Gasteiger charge is -2.26. The molecule has 3 nitrogen and oxygen atoms in total. The van der Waals surface area contributed by atoms with E-state index in [1.54, 1.807) is 0 Å². The molecule has 1 aromatic carbocycles. The van der Waals surface area contributed by atoms with E-state index in [1.807, 2.05) is 0 Å². The van der Waals surface area contributed by atoms with Crippen molar-refractivity contribution in [2.75, 3.05) is 13.1 Å². The van der Waals surface area contributed by atoms with Gasteiger partial charge >= 0.3 is 0 Å². The quantitative estimate of drug-likeness (QED) is 0.610. The minimum Gasteiger partial charge on any atom is -0.412 e. The Morgan fingerprint density at radius 3 is 2.06 bits per heavy atom. The predicted molar refractivity (Wildman–Crippen MR) is 71.0 cm³/mol. The van der Waals surface area contributed by atoms with Crippen LogP contribution in [0, 0.1) is 0 Å². The fourth-order valence-corrected chi connectivity index (χ4v) is 2.07. The van der Waals surface area contributed by atoms with Gasteiger partial charge in [-0.05, 0) is 31.5 Å². The van der Waals surface area contributed by atoms with Crippen LogP contribution in [0.2, 0.25) is 0 Å². The second-order valence-electron chi connectivity index (χ2n) is 4.32. The third-order valence-corrected chi connectivity index (χ3v) is 2.98. The molecular weight excluding hydrogens is 201 g/mol. The van der Waals surface area contributed by atoms with Gasteiger partial charge in [-0.1, -0.05) is 36.1 Å². The molecule has 2 rings (SSSR count). The van der Waals surface area contributed by atoms with Crippen LogP contribution >= 0.6 is 0 Å². The van der Waals surface area contributed by atoms with Crippen LogP contribution in [0.4, 0.5) is 0 Å². The summed E-state index contributed by atoms with van der Waals surface area (Å²) >= 11 is 0. The number of hydrogen-bond acceptors (Lipinski definition) is 1. The molecular formula is C12H22BNO2. The third-order valence-electron chi connectivity index (χ3n) is 2.98. The number of likely N-dealkylation sites (tertiary alicyclic amines) is 1. The van der Waals surface area contributed by atoms with Crippen LogP contribution in [-0.4, -0.2) is 36.8 Å². The summed E-state index contributed by atoms with van der Waals surface area (Å²) in [5.41, 5.74) is 2.81. The molecule has 16 heavy (non-hydrogen) atoms. The maximum atomic E-state index is 2.56. The molecule has 0 atom stereocenters. The molecule has 0 amide bonds. The van der Waals surface area contributed by atoms with E-state index in [-0.39, 0.29) is 11.0 Å². The smallest absolute Gasteiger partial charge is 0.139 e. The fourth-order valence-electron chi connectivity index (χ4n) is 2.07. The molecule has 0 spiro atoms. The third kappa shape index (κ3) is 4.35. The summed E-state index contributed by atoms with van der Waals surface area (Å²) in [6.07, 6.45) is 4.18. The van der Waals surface area contributed by atoms with Crippen LogP contribution in [0.3, 0.4) is 0 Å². The number of piperidine rings is 1. The van der Waals surface area contributed by atoms with E-state index in [9.17, 15) is 0 Å². The van der Waals surface area contributed by atoms with E-state index < -0.39 is 0 Å². The van der Waals surface area contributed by atoms with Gasteiger partial charge in [0.1, 0.15) is 7.85 Å². The van der Waals surface area contributed by atoms with Crippen LogP contribution in [0.1, 0.15) is 24.8 Å². The molecule has 0 aliphatic carbocycles. The summed E-state index contributed by atoms with van der Waals surface area (Å²) < 4.78 is 0. The van der Waals surface area contributed by atoms with Crippen molar-refractivity contribution in [3.63, 3.8) is 0 Å². The van der Waals surface area contributed by atoms with Crippen molar-refractivity contribution in [2.45, 2.75) is 25.8 Å². The highest BCUT2D eigenvalue weighted by Gasteiger charge is 2.09. The van der Waals surface area contributed by atoms with Gasteiger partial charge in [0.05, 0.1) is 0 Å². The van der Waals surface area contributed by atoms with Crippen LogP contribution in [0.15, 0.2) is 24.3 Å². The second-order valence-corrected chi connectivity index (χ2v) is 4.32. The molecule has 1 aromatic rings. The molecule has 1 fully saturated rings. The molecule has 4 N–H and O–H groups in total. The van der Waals surface area contributed by atoms with Gasteiger partial charge in [-0.3, -0.25) is 4.90 Å². The highest BCUT2D eigenvalue weighted by molar-refractivity contribution is 6.32.